The lowest BCUT2D eigenvalue weighted by Gasteiger charge is -2.21. The summed E-state index contributed by atoms with van der Waals surface area (Å²) in [5.41, 5.74) is -0.656. The number of carbonyl (C=O) groups is 1. The number of carboxylic acid groups (broad SMARTS) is 1. The van der Waals surface area contributed by atoms with E-state index in [1.807, 2.05) is 0 Å². The Kier molecular flexibility index (Phi) is 4.45. The van der Waals surface area contributed by atoms with E-state index in [1.165, 1.54) is 11.9 Å². The minimum atomic E-state index is -4.45. The van der Waals surface area contributed by atoms with Crippen LogP contribution in [-0.4, -0.2) is 24.7 Å². The third-order valence-corrected chi connectivity index (χ3v) is 2.67. The lowest BCUT2D eigenvalue weighted by Crippen LogP contribution is -2.21. The third-order valence-electron chi connectivity index (χ3n) is 2.35. The number of nitrogens with zero attached hydrogens (tertiary/aromatic N) is 1. The van der Waals surface area contributed by atoms with E-state index in [0.717, 1.165) is 18.2 Å². The first-order valence-corrected chi connectivity index (χ1v) is 5.39. The molecule has 1 rings (SSSR count). The van der Waals surface area contributed by atoms with Gasteiger partial charge in [0.2, 0.25) is 0 Å². The highest BCUT2D eigenvalue weighted by atomic mass is 35.5. The van der Waals surface area contributed by atoms with Crippen molar-refractivity contribution in [1.82, 2.24) is 0 Å². The van der Waals surface area contributed by atoms with Crippen LogP contribution >= 0.6 is 11.6 Å². The van der Waals surface area contributed by atoms with Crippen LogP contribution in [0.2, 0.25) is 5.02 Å². The number of halogens is 4. The van der Waals surface area contributed by atoms with Crippen LogP contribution in [0, 0.1) is 0 Å². The van der Waals surface area contributed by atoms with Crippen molar-refractivity contribution in [1.29, 1.82) is 0 Å². The molecule has 1 aromatic rings. The number of aliphatic carboxylic acids is 1. The van der Waals surface area contributed by atoms with Gasteiger partial charge < -0.3 is 10.0 Å². The van der Waals surface area contributed by atoms with Gasteiger partial charge in [-0.2, -0.15) is 13.2 Å². The van der Waals surface area contributed by atoms with Crippen molar-refractivity contribution in [3.05, 3.63) is 28.8 Å². The first-order valence-electron chi connectivity index (χ1n) is 5.01. The van der Waals surface area contributed by atoms with Gasteiger partial charge >= 0.3 is 12.1 Å². The van der Waals surface area contributed by atoms with Crippen LogP contribution in [0.4, 0.5) is 18.9 Å². The predicted octanol–water partition coefficient (Wildman–Crippen LogP) is 3.27. The summed E-state index contributed by atoms with van der Waals surface area (Å²) in [4.78, 5) is 11.8. The Morgan fingerprint density at radius 2 is 2.06 bits per heavy atom. The Hall–Kier alpha value is -1.43. The minimum Gasteiger partial charge on any atom is -0.481 e. The van der Waals surface area contributed by atoms with Crippen LogP contribution in [0.3, 0.4) is 0 Å². The average Bonchev–Trinajstić information content (AvgIpc) is 2.24. The van der Waals surface area contributed by atoms with Gasteiger partial charge in [0.1, 0.15) is 0 Å². The molecule has 0 radical (unpaired) electrons. The average molecular weight is 282 g/mol. The van der Waals surface area contributed by atoms with Crippen LogP contribution in [0.5, 0.6) is 0 Å². The topological polar surface area (TPSA) is 40.5 Å². The van der Waals surface area contributed by atoms with Crippen molar-refractivity contribution in [2.24, 2.45) is 0 Å². The molecule has 0 aliphatic rings. The fraction of sp³-hybridized carbons (Fsp3) is 0.364. The summed E-state index contributed by atoms with van der Waals surface area (Å²) in [6.07, 6.45) is -4.63. The summed E-state index contributed by atoms with van der Waals surface area (Å²) < 4.78 is 37.6. The number of rotatable bonds is 4. The van der Waals surface area contributed by atoms with Gasteiger partial charge in [-0.1, -0.05) is 11.6 Å². The molecular weight excluding hydrogens is 271 g/mol. The molecule has 1 N–H and O–H groups in total. The van der Waals surface area contributed by atoms with Gasteiger partial charge in [-0.15, -0.1) is 0 Å². The lowest BCUT2D eigenvalue weighted by atomic mass is 10.2. The largest absolute Gasteiger partial charge is 0.481 e. The highest BCUT2D eigenvalue weighted by molar-refractivity contribution is 6.33. The van der Waals surface area contributed by atoms with Crippen LogP contribution in [-0.2, 0) is 11.0 Å². The molecule has 0 spiro atoms. The van der Waals surface area contributed by atoms with Crippen LogP contribution in [0.15, 0.2) is 18.2 Å². The van der Waals surface area contributed by atoms with Gasteiger partial charge in [0, 0.05) is 13.6 Å². The normalized spacial score (nSPS) is 11.4. The smallest absolute Gasteiger partial charge is 0.416 e. The summed E-state index contributed by atoms with van der Waals surface area (Å²) >= 11 is 5.80. The molecule has 3 nitrogen and oxygen atoms in total. The molecule has 0 fully saturated rings. The molecule has 0 amide bonds. The molecular formula is C11H11ClF3NO2. The third kappa shape index (κ3) is 3.80. The number of alkyl halides is 3. The molecule has 0 heterocycles. The summed E-state index contributed by atoms with van der Waals surface area (Å²) in [6, 6.07) is 2.94. The molecule has 0 saturated heterocycles. The maximum atomic E-state index is 12.5. The second-order valence-electron chi connectivity index (χ2n) is 3.73. The van der Waals surface area contributed by atoms with Gasteiger partial charge in [-0.05, 0) is 18.2 Å². The molecule has 7 heteroatoms. The van der Waals surface area contributed by atoms with E-state index in [0.29, 0.717) is 0 Å². The summed E-state index contributed by atoms with van der Waals surface area (Å²) in [7, 11) is 1.49. The quantitative estimate of drug-likeness (QED) is 0.921. The molecule has 0 aromatic heterocycles. The number of hydrogen-bond acceptors (Lipinski definition) is 2. The predicted molar refractivity (Wildman–Crippen MR) is 62.0 cm³/mol. The van der Waals surface area contributed by atoms with Crippen LogP contribution < -0.4 is 4.90 Å². The van der Waals surface area contributed by atoms with Crippen molar-refractivity contribution in [2.75, 3.05) is 18.5 Å². The van der Waals surface area contributed by atoms with Gasteiger partial charge in [0.05, 0.1) is 22.7 Å². The lowest BCUT2D eigenvalue weighted by molar-refractivity contribution is -0.138. The van der Waals surface area contributed by atoms with Crippen molar-refractivity contribution >= 4 is 23.3 Å². The van der Waals surface area contributed by atoms with Crippen molar-refractivity contribution < 1.29 is 23.1 Å². The van der Waals surface area contributed by atoms with Crippen LogP contribution in [0.1, 0.15) is 12.0 Å². The fourth-order valence-electron chi connectivity index (χ4n) is 1.37. The Labute approximate surface area is 107 Å². The number of benzene rings is 1. The summed E-state index contributed by atoms with van der Waals surface area (Å²) in [5.74, 6) is -1.02. The van der Waals surface area contributed by atoms with Gasteiger partial charge in [-0.25, -0.2) is 0 Å². The molecule has 18 heavy (non-hydrogen) atoms. The first kappa shape index (κ1) is 14.6. The summed E-state index contributed by atoms with van der Waals surface area (Å²) in [5, 5.41) is 8.67. The van der Waals surface area contributed by atoms with E-state index in [9.17, 15) is 18.0 Å². The van der Waals surface area contributed by atoms with Crippen molar-refractivity contribution in [3.63, 3.8) is 0 Å². The van der Waals surface area contributed by atoms with E-state index < -0.39 is 17.7 Å². The minimum absolute atomic E-state index is 0.0797. The summed E-state index contributed by atoms with van der Waals surface area (Å²) in [6.45, 7) is 0.0797. The zero-order valence-electron chi connectivity index (χ0n) is 9.46. The Bertz CT molecular complexity index is 448. The molecule has 0 unspecified atom stereocenters. The van der Waals surface area contributed by atoms with Gasteiger partial charge in [0.15, 0.2) is 0 Å². The zero-order valence-corrected chi connectivity index (χ0v) is 10.2. The van der Waals surface area contributed by atoms with Crippen molar-refractivity contribution in [3.8, 4) is 0 Å². The molecule has 0 aliphatic carbocycles. The van der Waals surface area contributed by atoms with Crippen LogP contribution in [0.25, 0.3) is 0 Å². The Morgan fingerprint density at radius 1 is 1.44 bits per heavy atom. The Morgan fingerprint density at radius 3 is 2.56 bits per heavy atom. The molecule has 0 saturated carbocycles. The van der Waals surface area contributed by atoms with Crippen molar-refractivity contribution in [2.45, 2.75) is 12.6 Å². The van der Waals surface area contributed by atoms with E-state index >= 15 is 0 Å². The molecule has 0 bridgehead atoms. The maximum Gasteiger partial charge on any atom is 0.416 e. The highest BCUT2D eigenvalue weighted by Gasteiger charge is 2.31. The van der Waals surface area contributed by atoms with E-state index in [1.54, 1.807) is 0 Å². The zero-order chi connectivity index (χ0) is 13.9. The second kappa shape index (κ2) is 5.48. The highest BCUT2D eigenvalue weighted by Crippen LogP contribution is 2.35. The molecule has 0 aliphatic heterocycles. The number of anilines is 1. The number of carboxylic acids is 1. The van der Waals surface area contributed by atoms with E-state index in [2.05, 4.69) is 0 Å². The molecule has 0 atom stereocenters. The monoisotopic (exact) mass is 281 g/mol. The van der Waals surface area contributed by atoms with Gasteiger partial charge in [0.25, 0.3) is 0 Å². The van der Waals surface area contributed by atoms with E-state index in [-0.39, 0.29) is 23.7 Å². The second-order valence-corrected chi connectivity index (χ2v) is 4.14. The maximum absolute atomic E-state index is 12.5. The van der Waals surface area contributed by atoms with E-state index in [4.69, 9.17) is 16.7 Å². The molecule has 100 valence electrons. The molecule has 1 aromatic carbocycles. The number of hydrogen-bond donors (Lipinski definition) is 1. The Balaban J connectivity index is 2.97. The SMILES string of the molecule is CN(CCC(=O)O)c1cc(C(F)(F)F)ccc1Cl. The van der Waals surface area contributed by atoms with Gasteiger partial charge in [-0.3, -0.25) is 4.79 Å². The first-order chi connectivity index (χ1) is 8.21. The standard InChI is InChI=1S/C11H11ClF3NO2/c1-16(5-4-10(17)18)9-6-7(11(13,14)15)2-3-8(9)12/h2-3,6H,4-5H2,1H3,(H,17,18). The fourth-order valence-corrected chi connectivity index (χ4v) is 1.63.